The highest BCUT2D eigenvalue weighted by Crippen LogP contribution is 2.41. The van der Waals surface area contributed by atoms with E-state index in [0.29, 0.717) is 12.1 Å². The zero-order chi connectivity index (χ0) is 16.6. The fourth-order valence-corrected chi connectivity index (χ4v) is 5.03. The van der Waals surface area contributed by atoms with Crippen molar-refractivity contribution in [1.29, 1.82) is 0 Å². The Labute approximate surface area is 150 Å². The van der Waals surface area contributed by atoms with Gasteiger partial charge in [-0.25, -0.2) is 9.97 Å². The lowest BCUT2D eigenvalue weighted by Gasteiger charge is -2.35. The Morgan fingerprint density at radius 2 is 1.08 bits per heavy atom. The van der Waals surface area contributed by atoms with Gasteiger partial charge in [-0.1, -0.05) is 50.7 Å². The van der Waals surface area contributed by atoms with E-state index in [2.05, 4.69) is 34.1 Å². The fourth-order valence-electron chi connectivity index (χ4n) is 5.03. The average molecular weight is 336 g/mol. The highest BCUT2D eigenvalue weighted by atomic mass is 15.4. The van der Waals surface area contributed by atoms with Crippen LogP contribution in [0.4, 0.5) is 11.6 Å². The summed E-state index contributed by atoms with van der Waals surface area (Å²) in [7, 11) is 0. The van der Waals surface area contributed by atoms with Crippen molar-refractivity contribution in [3.8, 4) is 0 Å². The molecular formula is C21H28N4. The summed E-state index contributed by atoms with van der Waals surface area (Å²) < 4.78 is 0. The standard InChI is InChI=1S/C21H28N4/c1-3-9-16(10-4-1)24-15-25(17-11-5-2-6-12-17)21-20(24)22-18-13-7-8-14-19(18)23-21/h7-8,13-14,16-17H,1-6,9-12,15H2. The number of para-hydroxylation sites is 2. The number of hydrogen-bond donors (Lipinski definition) is 0. The molecule has 0 spiro atoms. The summed E-state index contributed by atoms with van der Waals surface area (Å²) in [6, 6.07) is 9.65. The molecule has 5 rings (SSSR count). The second kappa shape index (κ2) is 6.47. The number of hydrogen-bond acceptors (Lipinski definition) is 4. The second-order valence-corrected chi connectivity index (χ2v) is 8.02. The first-order valence-electron chi connectivity index (χ1n) is 10.2. The maximum Gasteiger partial charge on any atom is 0.174 e. The highest BCUT2D eigenvalue weighted by molar-refractivity contribution is 5.83. The average Bonchev–Trinajstić information content (AvgIpc) is 3.06. The molecule has 3 aliphatic rings. The van der Waals surface area contributed by atoms with E-state index in [1.807, 2.05) is 0 Å². The van der Waals surface area contributed by atoms with Crippen molar-refractivity contribution in [2.24, 2.45) is 0 Å². The van der Waals surface area contributed by atoms with E-state index in [0.717, 1.165) is 29.3 Å². The van der Waals surface area contributed by atoms with Gasteiger partial charge < -0.3 is 9.80 Å². The van der Waals surface area contributed by atoms with Crippen molar-refractivity contribution in [3.63, 3.8) is 0 Å². The lowest BCUT2D eigenvalue weighted by atomic mass is 9.94. The predicted molar refractivity (Wildman–Crippen MR) is 103 cm³/mol. The Balaban J connectivity index is 1.56. The van der Waals surface area contributed by atoms with Gasteiger partial charge >= 0.3 is 0 Å². The van der Waals surface area contributed by atoms with Crippen molar-refractivity contribution in [2.45, 2.75) is 76.3 Å². The van der Waals surface area contributed by atoms with Gasteiger partial charge in [0.1, 0.15) is 0 Å². The smallest absolute Gasteiger partial charge is 0.174 e. The van der Waals surface area contributed by atoms with E-state index in [9.17, 15) is 0 Å². The van der Waals surface area contributed by atoms with Crippen molar-refractivity contribution in [2.75, 3.05) is 16.5 Å². The largest absolute Gasteiger partial charge is 0.333 e. The second-order valence-electron chi connectivity index (χ2n) is 8.02. The van der Waals surface area contributed by atoms with Gasteiger partial charge in [0.2, 0.25) is 0 Å². The normalized spacial score (nSPS) is 22.6. The maximum atomic E-state index is 5.08. The summed E-state index contributed by atoms with van der Waals surface area (Å²) in [5.41, 5.74) is 2.07. The molecule has 4 heteroatoms. The SMILES string of the molecule is c1ccc2nc3c(nc2c1)N(C1CCCCC1)CN3C1CCCCC1. The highest BCUT2D eigenvalue weighted by Gasteiger charge is 2.37. The molecule has 2 heterocycles. The van der Waals surface area contributed by atoms with Crippen LogP contribution in [0.2, 0.25) is 0 Å². The van der Waals surface area contributed by atoms with E-state index >= 15 is 0 Å². The molecule has 1 aromatic carbocycles. The molecule has 2 aliphatic carbocycles. The van der Waals surface area contributed by atoms with Gasteiger partial charge in [-0.05, 0) is 37.8 Å². The first-order chi connectivity index (χ1) is 12.4. The number of nitrogens with zero attached hydrogens (tertiary/aromatic N) is 4. The van der Waals surface area contributed by atoms with Gasteiger partial charge in [-0.2, -0.15) is 0 Å². The third-order valence-corrected chi connectivity index (χ3v) is 6.41. The summed E-state index contributed by atoms with van der Waals surface area (Å²) in [5.74, 6) is 2.30. The van der Waals surface area contributed by atoms with Crippen LogP contribution in [0.3, 0.4) is 0 Å². The number of fused-ring (bicyclic) bond motifs is 2. The van der Waals surface area contributed by atoms with Crippen molar-refractivity contribution in [3.05, 3.63) is 24.3 Å². The summed E-state index contributed by atoms with van der Waals surface area (Å²) >= 11 is 0. The molecule has 0 bridgehead atoms. The molecule has 0 N–H and O–H groups in total. The Kier molecular flexibility index (Phi) is 3.99. The molecule has 0 atom stereocenters. The van der Waals surface area contributed by atoms with Crippen molar-refractivity contribution >= 4 is 22.7 Å². The summed E-state index contributed by atoms with van der Waals surface area (Å²) in [6.45, 7) is 1.00. The van der Waals surface area contributed by atoms with Crippen LogP contribution < -0.4 is 9.80 Å². The zero-order valence-electron chi connectivity index (χ0n) is 15.0. The molecule has 25 heavy (non-hydrogen) atoms. The first-order valence-corrected chi connectivity index (χ1v) is 10.2. The summed E-state index contributed by atoms with van der Waals surface area (Å²) in [4.78, 5) is 15.3. The minimum atomic E-state index is 0.650. The van der Waals surface area contributed by atoms with Gasteiger partial charge in [0, 0.05) is 12.1 Å². The lowest BCUT2D eigenvalue weighted by molar-refractivity contribution is 0.391. The van der Waals surface area contributed by atoms with Crippen LogP contribution in [-0.4, -0.2) is 28.7 Å². The third-order valence-electron chi connectivity index (χ3n) is 6.41. The molecule has 2 saturated carbocycles. The Morgan fingerprint density at radius 1 is 0.640 bits per heavy atom. The monoisotopic (exact) mass is 336 g/mol. The maximum absolute atomic E-state index is 5.08. The van der Waals surface area contributed by atoms with Crippen LogP contribution in [0.1, 0.15) is 64.2 Å². The summed E-state index contributed by atoms with van der Waals surface area (Å²) in [5, 5.41) is 0. The lowest BCUT2D eigenvalue weighted by Crippen LogP contribution is -2.44. The van der Waals surface area contributed by atoms with E-state index in [1.165, 1.54) is 64.2 Å². The van der Waals surface area contributed by atoms with Crippen LogP contribution in [0.5, 0.6) is 0 Å². The van der Waals surface area contributed by atoms with Gasteiger partial charge in [0.15, 0.2) is 11.6 Å². The zero-order valence-corrected chi connectivity index (χ0v) is 15.0. The van der Waals surface area contributed by atoms with Crippen molar-refractivity contribution in [1.82, 2.24) is 9.97 Å². The van der Waals surface area contributed by atoms with Gasteiger partial charge in [0.25, 0.3) is 0 Å². The molecule has 1 aliphatic heterocycles. The molecule has 4 nitrogen and oxygen atoms in total. The van der Waals surface area contributed by atoms with E-state index in [1.54, 1.807) is 0 Å². The number of rotatable bonds is 2. The fraction of sp³-hybridized carbons (Fsp3) is 0.619. The van der Waals surface area contributed by atoms with E-state index < -0.39 is 0 Å². The molecule has 0 amide bonds. The molecule has 2 aromatic rings. The van der Waals surface area contributed by atoms with Crippen LogP contribution in [0.15, 0.2) is 24.3 Å². The molecule has 2 fully saturated rings. The first kappa shape index (κ1) is 15.4. The van der Waals surface area contributed by atoms with Crippen LogP contribution >= 0.6 is 0 Å². The Hall–Kier alpha value is -1.84. The number of aromatic nitrogens is 2. The predicted octanol–water partition coefficient (Wildman–Crippen LogP) is 4.88. The third kappa shape index (κ3) is 2.76. The molecule has 0 unspecified atom stereocenters. The van der Waals surface area contributed by atoms with Gasteiger partial charge in [-0.3, -0.25) is 0 Å². The quantitative estimate of drug-likeness (QED) is 0.782. The topological polar surface area (TPSA) is 32.3 Å². The minimum Gasteiger partial charge on any atom is -0.333 e. The molecule has 0 saturated heterocycles. The van der Waals surface area contributed by atoms with Crippen LogP contribution in [0, 0.1) is 0 Å². The summed E-state index contributed by atoms with van der Waals surface area (Å²) in [6.07, 6.45) is 13.5. The molecular weight excluding hydrogens is 308 g/mol. The van der Waals surface area contributed by atoms with Crippen molar-refractivity contribution < 1.29 is 0 Å². The Morgan fingerprint density at radius 3 is 1.52 bits per heavy atom. The number of anilines is 2. The molecule has 1 aromatic heterocycles. The number of benzene rings is 1. The van der Waals surface area contributed by atoms with Crippen LogP contribution in [-0.2, 0) is 0 Å². The van der Waals surface area contributed by atoms with Gasteiger partial charge in [0.05, 0.1) is 17.7 Å². The minimum absolute atomic E-state index is 0.650. The molecule has 0 radical (unpaired) electrons. The van der Waals surface area contributed by atoms with E-state index in [4.69, 9.17) is 9.97 Å². The Bertz CT molecular complexity index is 684. The molecule has 132 valence electrons. The van der Waals surface area contributed by atoms with E-state index in [-0.39, 0.29) is 0 Å². The van der Waals surface area contributed by atoms with Gasteiger partial charge in [-0.15, -0.1) is 0 Å². The van der Waals surface area contributed by atoms with Crippen LogP contribution in [0.25, 0.3) is 11.0 Å².